The lowest BCUT2D eigenvalue weighted by Gasteiger charge is -2.23. The Morgan fingerprint density at radius 3 is 2.64 bits per heavy atom. The third kappa shape index (κ3) is 5.45. The number of carbonyl (C=O) groups excluding carboxylic acids is 1. The maximum absolute atomic E-state index is 13.7. The van der Waals surface area contributed by atoms with Crippen LogP contribution >= 0.6 is 23.2 Å². The van der Waals surface area contributed by atoms with E-state index in [1.54, 1.807) is 41.5 Å². The predicted molar refractivity (Wildman–Crippen MR) is 163 cm³/mol. The van der Waals surface area contributed by atoms with Crippen molar-refractivity contribution < 1.29 is 4.79 Å². The maximum atomic E-state index is 13.7. The summed E-state index contributed by atoms with van der Waals surface area (Å²) in [4.78, 5) is 36.2. The number of halogens is 2. The number of amides is 1. The van der Waals surface area contributed by atoms with Crippen LogP contribution in [0, 0.1) is 12.8 Å². The highest BCUT2D eigenvalue weighted by Crippen LogP contribution is 2.35. The van der Waals surface area contributed by atoms with Crippen LogP contribution in [0.15, 0.2) is 78.1 Å². The van der Waals surface area contributed by atoms with Crippen LogP contribution < -0.4 is 10.9 Å². The Kier molecular flexibility index (Phi) is 7.62. The number of nitrogens with one attached hydrogen (secondary N) is 1. The van der Waals surface area contributed by atoms with E-state index >= 15 is 0 Å². The zero-order valence-corrected chi connectivity index (χ0v) is 24.5. The molecule has 3 aromatic heterocycles. The first-order chi connectivity index (χ1) is 20.3. The number of aromatic nitrogens is 6. The second-order valence-corrected chi connectivity index (χ2v) is 11.3. The first-order valence-corrected chi connectivity index (χ1v) is 14.4. The average molecular weight is 601 g/mol. The zero-order chi connectivity index (χ0) is 29.4. The fourth-order valence-corrected chi connectivity index (χ4v) is 5.74. The summed E-state index contributed by atoms with van der Waals surface area (Å²) in [5.41, 5.74) is 5.82. The molecule has 42 heavy (non-hydrogen) atoms. The van der Waals surface area contributed by atoms with Gasteiger partial charge in [0.2, 0.25) is 5.91 Å². The summed E-state index contributed by atoms with van der Waals surface area (Å²) in [7, 11) is 0. The molecule has 0 saturated carbocycles. The van der Waals surface area contributed by atoms with Gasteiger partial charge in [-0.05, 0) is 67.3 Å². The third-order valence-electron chi connectivity index (χ3n) is 7.62. The lowest BCUT2D eigenvalue weighted by Crippen LogP contribution is -2.27. The van der Waals surface area contributed by atoms with E-state index in [-0.39, 0.29) is 28.6 Å². The normalized spacial score (nSPS) is 17.1. The summed E-state index contributed by atoms with van der Waals surface area (Å²) in [6, 6.07) is 16.1. The number of fused-ring (bicyclic) bond motifs is 4. The predicted octanol–water partition coefficient (Wildman–Crippen LogP) is 6.52. The lowest BCUT2D eigenvalue weighted by atomic mass is 9.93. The Hall–Kier alpha value is -4.34. The van der Waals surface area contributed by atoms with Crippen LogP contribution in [0.25, 0.3) is 28.1 Å². The van der Waals surface area contributed by atoms with Crippen molar-refractivity contribution >= 4 is 34.8 Å². The highest BCUT2D eigenvalue weighted by Gasteiger charge is 2.23. The van der Waals surface area contributed by atoms with Crippen molar-refractivity contribution in [3.05, 3.63) is 105 Å². The summed E-state index contributed by atoms with van der Waals surface area (Å²) in [6.07, 6.45) is 6.85. The van der Waals surface area contributed by atoms with Gasteiger partial charge < -0.3 is 5.32 Å². The molecule has 0 spiro atoms. The maximum Gasteiger partial charge on any atom is 0.254 e. The molecule has 4 heterocycles. The summed E-state index contributed by atoms with van der Waals surface area (Å²) >= 11 is 12.3. The molecule has 1 amide bonds. The first-order valence-electron chi connectivity index (χ1n) is 13.6. The lowest BCUT2D eigenvalue weighted by molar-refractivity contribution is -0.119. The van der Waals surface area contributed by atoms with Crippen molar-refractivity contribution in [2.45, 2.75) is 39.2 Å². The van der Waals surface area contributed by atoms with E-state index in [0.29, 0.717) is 41.2 Å². The highest BCUT2D eigenvalue weighted by molar-refractivity contribution is 6.31. The van der Waals surface area contributed by atoms with Gasteiger partial charge in [-0.1, -0.05) is 53.9 Å². The molecule has 2 unspecified atom stereocenters. The van der Waals surface area contributed by atoms with Crippen molar-refractivity contribution in [1.29, 1.82) is 0 Å². The van der Waals surface area contributed by atoms with E-state index in [1.807, 2.05) is 44.2 Å². The Morgan fingerprint density at radius 2 is 1.86 bits per heavy atom. The van der Waals surface area contributed by atoms with Crippen molar-refractivity contribution in [3.63, 3.8) is 0 Å². The van der Waals surface area contributed by atoms with Gasteiger partial charge in [-0.15, -0.1) is 5.10 Å². The highest BCUT2D eigenvalue weighted by atomic mass is 35.5. The molecule has 0 saturated heterocycles. The van der Waals surface area contributed by atoms with E-state index in [0.717, 1.165) is 28.1 Å². The summed E-state index contributed by atoms with van der Waals surface area (Å²) in [5.74, 6) is -0.226. The van der Waals surface area contributed by atoms with Crippen LogP contribution in [0.3, 0.4) is 0 Å². The Labute approximate surface area is 252 Å². The van der Waals surface area contributed by atoms with E-state index < -0.39 is 0 Å². The monoisotopic (exact) mass is 599 g/mol. The van der Waals surface area contributed by atoms with E-state index in [1.165, 1.54) is 10.7 Å². The SMILES string of the molecule is Cc1cccc2c1-c1ccnc(c1)C(n1cnc(-c3cc(Cl)ccc3-n3cc(Cl)nn3)cc1=O)CCCC(C)C(=O)N2. The first kappa shape index (κ1) is 27.8. The second kappa shape index (κ2) is 11.5. The van der Waals surface area contributed by atoms with E-state index in [9.17, 15) is 9.59 Å². The van der Waals surface area contributed by atoms with Crippen molar-refractivity contribution in [2.75, 3.05) is 5.32 Å². The molecule has 1 N–H and O–H groups in total. The topological polar surface area (TPSA) is 108 Å². The molecular formula is C31H27Cl2N7O2. The number of rotatable bonds is 3. The van der Waals surface area contributed by atoms with Gasteiger partial charge in [-0.3, -0.25) is 19.1 Å². The van der Waals surface area contributed by atoms with Crippen LogP contribution in [-0.4, -0.2) is 35.4 Å². The average Bonchev–Trinajstić information content (AvgIpc) is 3.41. The fourth-order valence-electron chi connectivity index (χ4n) is 5.44. The molecule has 0 aliphatic carbocycles. The Balaban J connectivity index is 1.45. The summed E-state index contributed by atoms with van der Waals surface area (Å²) in [6.45, 7) is 3.94. The molecule has 2 aromatic carbocycles. The largest absolute Gasteiger partial charge is 0.325 e. The summed E-state index contributed by atoms with van der Waals surface area (Å²) in [5, 5.41) is 11.8. The van der Waals surface area contributed by atoms with Crippen molar-refractivity contribution in [3.8, 4) is 28.1 Å². The van der Waals surface area contributed by atoms with Gasteiger partial charge in [-0.2, -0.15) is 0 Å². The molecule has 6 rings (SSSR count). The van der Waals surface area contributed by atoms with Crippen molar-refractivity contribution in [1.82, 2.24) is 29.5 Å². The Morgan fingerprint density at radius 1 is 1.00 bits per heavy atom. The number of benzene rings is 2. The molecule has 1 aliphatic rings. The number of carbonyl (C=O) groups is 1. The molecule has 212 valence electrons. The number of pyridine rings is 1. The minimum Gasteiger partial charge on any atom is -0.325 e. The standard InChI is InChI=1S/C31H27Cl2N7O2/c1-18-5-3-7-23-30(18)20-11-12-34-25(13-20)27(8-4-6-19(2)31(42)36-23)39-17-35-24(15-29(39)41)22-14-21(32)9-10-26(22)40-16-28(33)37-38-40/h3,5,7,9-17,19,27H,4,6,8H2,1-2H3,(H,36,42). The van der Waals surface area contributed by atoms with Crippen LogP contribution in [-0.2, 0) is 4.79 Å². The molecule has 9 nitrogen and oxygen atoms in total. The second-order valence-electron chi connectivity index (χ2n) is 10.5. The fraction of sp³-hybridized carbons (Fsp3) is 0.226. The molecule has 2 atom stereocenters. The van der Waals surface area contributed by atoms with Crippen LogP contribution in [0.4, 0.5) is 5.69 Å². The van der Waals surface area contributed by atoms with Gasteiger partial charge >= 0.3 is 0 Å². The van der Waals surface area contributed by atoms with Gasteiger partial charge in [-0.25, -0.2) is 9.67 Å². The molecule has 0 radical (unpaired) electrons. The molecule has 11 heteroatoms. The van der Waals surface area contributed by atoms with E-state index in [2.05, 4.69) is 20.6 Å². The van der Waals surface area contributed by atoms with Gasteiger partial charge in [0.15, 0.2) is 5.15 Å². The smallest absolute Gasteiger partial charge is 0.254 e. The molecule has 1 aliphatic heterocycles. The molecule has 5 aromatic rings. The minimum atomic E-state index is -0.380. The zero-order valence-electron chi connectivity index (χ0n) is 23.0. The van der Waals surface area contributed by atoms with Gasteiger partial charge in [0.05, 0.1) is 35.6 Å². The molecule has 2 bridgehead atoms. The van der Waals surface area contributed by atoms with Crippen molar-refractivity contribution in [2.24, 2.45) is 5.92 Å². The molecular weight excluding hydrogens is 573 g/mol. The van der Waals surface area contributed by atoms with E-state index in [4.69, 9.17) is 28.2 Å². The number of anilines is 1. The quantitative estimate of drug-likeness (QED) is 0.253. The molecule has 0 fully saturated rings. The van der Waals surface area contributed by atoms with Crippen LogP contribution in [0.1, 0.15) is 43.5 Å². The van der Waals surface area contributed by atoms with Crippen LogP contribution in [0.2, 0.25) is 10.2 Å². The number of nitrogens with zero attached hydrogens (tertiary/aromatic N) is 6. The Bertz CT molecular complexity index is 1870. The van der Waals surface area contributed by atoms with Gasteiger partial charge in [0.25, 0.3) is 5.56 Å². The van der Waals surface area contributed by atoms with Crippen LogP contribution in [0.5, 0.6) is 0 Å². The van der Waals surface area contributed by atoms with Gasteiger partial charge in [0.1, 0.15) is 0 Å². The van der Waals surface area contributed by atoms with Gasteiger partial charge in [0, 0.05) is 40.0 Å². The summed E-state index contributed by atoms with van der Waals surface area (Å²) < 4.78 is 3.13. The number of hydrogen-bond acceptors (Lipinski definition) is 6. The minimum absolute atomic E-state index is 0.0255. The number of aryl methyl sites for hydroxylation is 1. The third-order valence-corrected chi connectivity index (χ3v) is 8.03. The number of hydrogen-bond donors (Lipinski definition) is 1.